The summed E-state index contributed by atoms with van der Waals surface area (Å²) in [7, 11) is 0. The standard InChI is InChI=1S/C20H39N2/c1-4-6-8-10-12-14-16-21-18-19-22(20(21)3)17-15-13-11-9-7-5-2/h18-19H,4-17H2,1-3H3/q+1. The molecule has 22 heavy (non-hydrogen) atoms. The molecular weight excluding hydrogens is 268 g/mol. The Bertz CT molecular complexity index is 334. The molecular formula is C20H39N2+. The number of rotatable bonds is 14. The summed E-state index contributed by atoms with van der Waals surface area (Å²) in [6.45, 7) is 9.23. The molecule has 0 saturated heterocycles. The summed E-state index contributed by atoms with van der Waals surface area (Å²) in [5, 5.41) is 0. The van der Waals surface area contributed by atoms with Crippen LogP contribution < -0.4 is 4.57 Å². The minimum Gasteiger partial charge on any atom is -0.234 e. The van der Waals surface area contributed by atoms with Crippen LogP contribution in [-0.4, -0.2) is 4.57 Å². The maximum atomic E-state index is 2.44. The Morgan fingerprint density at radius 1 is 0.773 bits per heavy atom. The van der Waals surface area contributed by atoms with Crippen LogP contribution in [-0.2, 0) is 13.1 Å². The fraction of sp³-hybridized carbons (Fsp3) is 0.850. The van der Waals surface area contributed by atoms with E-state index in [1.807, 2.05) is 0 Å². The molecule has 0 bridgehead atoms. The van der Waals surface area contributed by atoms with Gasteiger partial charge in [0.25, 0.3) is 5.82 Å². The zero-order valence-electron chi connectivity index (χ0n) is 15.4. The number of aromatic nitrogens is 2. The SMILES string of the molecule is CCCCCCCCn1cc[n+](CCCCCCCC)c1C. The van der Waals surface area contributed by atoms with Gasteiger partial charge in [-0.25, -0.2) is 9.13 Å². The van der Waals surface area contributed by atoms with E-state index < -0.39 is 0 Å². The highest BCUT2D eigenvalue weighted by atomic mass is 15.1. The van der Waals surface area contributed by atoms with Gasteiger partial charge in [0, 0.05) is 6.92 Å². The van der Waals surface area contributed by atoms with E-state index in [0.29, 0.717) is 0 Å². The molecule has 1 aromatic heterocycles. The Kier molecular flexibility index (Phi) is 11.1. The van der Waals surface area contributed by atoms with Gasteiger partial charge in [0.2, 0.25) is 0 Å². The predicted octanol–water partition coefficient (Wildman–Crippen LogP) is 5.81. The highest BCUT2D eigenvalue weighted by molar-refractivity contribution is 4.79. The fourth-order valence-electron chi connectivity index (χ4n) is 3.14. The van der Waals surface area contributed by atoms with Gasteiger partial charge in [-0.15, -0.1) is 0 Å². The predicted molar refractivity (Wildman–Crippen MR) is 96.1 cm³/mol. The lowest BCUT2D eigenvalue weighted by molar-refractivity contribution is -0.702. The summed E-state index contributed by atoms with van der Waals surface area (Å²) < 4.78 is 4.88. The molecule has 2 nitrogen and oxygen atoms in total. The van der Waals surface area contributed by atoms with E-state index in [4.69, 9.17) is 0 Å². The Morgan fingerprint density at radius 3 is 1.95 bits per heavy atom. The number of aryl methyl sites for hydroxylation is 2. The second-order valence-electron chi connectivity index (χ2n) is 6.77. The number of unbranched alkanes of at least 4 members (excludes halogenated alkanes) is 10. The van der Waals surface area contributed by atoms with Gasteiger partial charge in [0.05, 0.1) is 13.1 Å². The molecule has 0 spiro atoms. The van der Waals surface area contributed by atoms with Gasteiger partial charge in [-0.05, 0) is 25.7 Å². The molecule has 0 saturated carbocycles. The monoisotopic (exact) mass is 307 g/mol. The molecule has 0 aliphatic heterocycles. The van der Waals surface area contributed by atoms with Crippen molar-refractivity contribution < 1.29 is 4.57 Å². The van der Waals surface area contributed by atoms with Crippen LogP contribution in [0.5, 0.6) is 0 Å². The normalized spacial score (nSPS) is 11.2. The summed E-state index contributed by atoms with van der Waals surface area (Å²) in [6, 6.07) is 0. The summed E-state index contributed by atoms with van der Waals surface area (Å²) >= 11 is 0. The van der Waals surface area contributed by atoms with Crippen LogP contribution in [0.3, 0.4) is 0 Å². The highest BCUT2D eigenvalue weighted by Gasteiger charge is 2.11. The van der Waals surface area contributed by atoms with Gasteiger partial charge in [0.1, 0.15) is 12.4 Å². The molecule has 0 aromatic carbocycles. The average molecular weight is 308 g/mol. The van der Waals surface area contributed by atoms with Crippen LogP contribution in [0.2, 0.25) is 0 Å². The van der Waals surface area contributed by atoms with Crippen LogP contribution in [0, 0.1) is 6.92 Å². The van der Waals surface area contributed by atoms with E-state index in [1.54, 1.807) is 0 Å². The molecule has 0 amide bonds. The van der Waals surface area contributed by atoms with E-state index in [9.17, 15) is 0 Å². The van der Waals surface area contributed by atoms with E-state index in [0.717, 1.165) is 0 Å². The van der Waals surface area contributed by atoms with E-state index >= 15 is 0 Å². The summed E-state index contributed by atoms with van der Waals surface area (Å²) in [5.74, 6) is 1.43. The van der Waals surface area contributed by atoms with Crippen LogP contribution in [0.15, 0.2) is 12.4 Å². The largest absolute Gasteiger partial charge is 0.253 e. The highest BCUT2D eigenvalue weighted by Crippen LogP contribution is 2.08. The van der Waals surface area contributed by atoms with Crippen molar-refractivity contribution in [1.29, 1.82) is 0 Å². The van der Waals surface area contributed by atoms with Gasteiger partial charge in [-0.2, -0.15) is 0 Å². The van der Waals surface area contributed by atoms with Crippen molar-refractivity contribution in [2.24, 2.45) is 0 Å². The maximum absolute atomic E-state index is 2.44. The lowest BCUT2D eigenvalue weighted by Gasteiger charge is -2.03. The molecule has 0 atom stereocenters. The third kappa shape index (κ3) is 8.00. The number of nitrogens with zero attached hydrogens (tertiary/aromatic N) is 2. The zero-order chi connectivity index (χ0) is 16.0. The molecule has 0 N–H and O–H groups in total. The van der Waals surface area contributed by atoms with Crippen molar-refractivity contribution in [3.8, 4) is 0 Å². The van der Waals surface area contributed by atoms with Crippen molar-refractivity contribution >= 4 is 0 Å². The van der Waals surface area contributed by atoms with E-state index in [-0.39, 0.29) is 0 Å². The van der Waals surface area contributed by atoms with Crippen molar-refractivity contribution in [3.05, 3.63) is 18.2 Å². The van der Waals surface area contributed by atoms with Crippen LogP contribution in [0.4, 0.5) is 0 Å². The second-order valence-corrected chi connectivity index (χ2v) is 6.77. The summed E-state index contributed by atoms with van der Waals surface area (Å²) in [5.41, 5.74) is 0. The average Bonchev–Trinajstić information content (AvgIpc) is 2.87. The lowest BCUT2D eigenvalue weighted by Crippen LogP contribution is -2.35. The fourth-order valence-corrected chi connectivity index (χ4v) is 3.14. The first kappa shape index (κ1) is 19.3. The van der Waals surface area contributed by atoms with E-state index in [2.05, 4.69) is 42.3 Å². The molecule has 0 aliphatic rings. The minimum absolute atomic E-state index is 1.20. The topological polar surface area (TPSA) is 8.81 Å². The molecule has 0 fully saturated rings. The minimum atomic E-state index is 1.20. The molecule has 1 aromatic rings. The molecule has 0 aliphatic carbocycles. The van der Waals surface area contributed by atoms with Gasteiger partial charge in [-0.1, -0.05) is 65.2 Å². The Balaban J connectivity index is 2.15. The first-order valence-corrected chi connectivity index (χ1v) is 9.84. The third-order valence-corrected chi connectivity index (χ3v) is 4.76. The molecule has 128 valence electrons. The lowest BCUT2D eigenvalue weighted by atomic mass is 10.1. The van der Waals surface area contributed by atoms with Crippen molar-refractivity contribution in [2.75, 3.05) is 0 Å². The van der Waals surface area contributed by atoms with Crippen molar-refractivity contribution in [2.45, 2.75) is 111 Å². The third-order valence-electron chi connectivity index (χ3n) is 4.76. The first-order chi connectivity index (χ1) is 10.8. The molecule has 0 unspecified atom stereocenters. The van der Waals surface area contributed by atoms with Gasteiger partial charge < -0.3 is 0 Å². The van der Waals surface area contributed by atoms with Gasteiger partial charge in [-0.3, -0.25) is 0 Å². The van der Waals surface area contributed by atoms with Crippen LogP contribution in [0.1, 0.15) is 96.7 Å². The maximum Gasteiger partial charge on any atom is 0.253 e. The number of hydrogen-bond donors (Lipinski definition) is 0. The zero-order valence-corrected chi connectivity index (χ0v) is 15.4. The summed E-state index contributed by atoms with van der Waals surface area (Å²) in [4.78, 5) is 0. The van der Waals surface area contributed by atoms with Gasteiger partial charge in [0.15, 0.2) is 0 Å². The van der Waals surface area contributed by atoms with Crippen LogP contribution >= 0.6 is 0 Å². The molecule has 0 radical (unpaired) electrons. The Hall–Kier alpha value is -0.790. The summed E-state index contributed by atoms with van der Waals surface area (Å²) in [6.07, 6.45) is 21.1. The quantitative estimate of drug-likeness (QED) is 0.303. The van der Waals surface area contributed by atoms with Crippen molar-refractivity contribution in [3.63, 3.8) is 0 Å². The Morgan fingerprint density at radius 2 is 1.32 bits per heavy atom. The Labute approximate surface area is 138 Å². The smallest absolute Gasteiger partial charge is 0.234 e. The number of hydrogen-bond acceptors (Lipinski definition) is 0. The van der Waals surface area contributed by atoms with Crippen LogP contribution in [0.25, 0.3) is 0 Å². The molecule has 1 heterocycles. The molecule has 2 heteroatoms. The second kappa shape index (κ2) is 12.7. The first-order valence-electron chi connectivity index (χ1n) is 9.84. The molecule has 1 rings (SSSR count). The van der Waals surface area contributed by atoms with Crippen molar-refractivity contribution in [1.82, 2.24) is 4.57 Å². The van der Waals surface area contributed by atoms with Gasteiger partial charge >= 0.3 is 0 Å². The van der Waals surface area contributed by atoms with E-state index in [1.165, 1.54) is 96.0 Å². The number of imidazole rings is 1.